The van der Waals surface area contributed by atoms with Crippen LogP contribution in [0, 0.1) is 6.92 Å². The zero-order valence-electron chi connectivity index (χ0n) is 11.7. The van der Waals surface area contributed by atoms with E-state index in [1.807, 2.05) is 25.1 Å². The SMILES string of the molecule is Cc1cccc2c(N)c(C(=O)NCC3CCC(=O)N3)sc12. The first-order valence-electron chi connectivity index (χ1n) is 6.91. The topological polar surface area (TPSA) is 84.2 Å². The number of carbonyl (C=O) groups excluding carboxylic acids is 2. The molecule has 1 aromatic heterocycles. The van der Waals surface area contributed by atoms with Crippen molar-refractivity contribution in [3.05, 3.63) is 28.6 Å². The van der Waals surface area contributed by atoms with Gasteiger partial charge in [-0.05, 0) is 18.9 Å². The number of anilines is 1. The van der Waals surface area contributed by atoms with E-state index in [-0.39, 0.29) is 17.9 Å². The third-order valence-electron chi connectivity index (χ3n) is 3.75. The molecule has 2 heterocycles. The summed E-state index contributed by atoms with van der Waals surface area (Å²) in [6.07, 6.45) is 1.30. The Morgan fingerprint density at radius 1 is 1.52 bits per heavy atom. The lowest BCUT2D eigenvalue weighted by molar-refractivity contribution is -0.119. The average Bonchev–Trinajstić information content (AvgIpc) is 3.02. The van der Waals surface area contributed by atoms with Gasteiger partial charge in [0.15, 0.2) is 0 Å². The Labute approximate surface area is 126 Å². The highest BCUT2D eigenvalue weighted by atomic mass is 32.1. The molecule has 1 aliphatic heterocycles. The van der Waals surface area contributed by atoms with Crippen LogP contribution < -0.4 is 16.4 Å². The Bertz CT molecular complexity index is 723. The minimum atomic E-state index is -0.172. The molecule has 0 radical (unpaired) electrons. The van der Waals surface area contributed by atoms with Crippen LogP contribution in [-0.2, 0) is 4.79 Å². The van der Waals surface area contributed by atoms with Crippen molar-refractivity contribution >= 4 is 38.9 Å². The van der Waals surface area contributed by atoms with Crippen LogP contribution in [0.2, 0.25) is 0 Å². The van der Waals surface area contributed by atoms with Crippen molar-refractivity contribution in [1.82, 2.24) is 10.6 Å². The summed E-state index contributed by atoms with van der Waals surface area (Å²) in [6, 6.07) is 5.91. The summed E-state index contributed by atoms with van der Waals surface area (Å²) in [4.78, 5) is 24.0. The van der Waals surface area contributed by atoms with Crippen molar-refractivity contribution in [2.24, 2.45) is 0 Å². The highest BCUT2D eigenvalue weighted by Crippen LogP contribution is 2.35. The number of carbonyl (C=O) groups is 2. The molecule has 5 nitrogen and oxygen atoms in total. The van der Waals surface area contributed by atoms with Crippen LogP contribution in [0.5, 0.6) is 0 Å². The number of nitrogen functional groups attached to an aromatic ring is 1. The van der Waals surface area contributed by atoms with E-state index in [1.54, 1.807) is 0 Å². The van der Waals surface area contributed by atoms with E-state index in [9.17, 15) is 9.59 Å². The molecule has 1 atom stereocenters. The molecule has 2 amide bonds. The van der Waals surface area contributed by atoms with Gasteiger partial charge in [0.2, 0.25) is 5.91 Å². The summed E-state index contributed by atoms with van der Waals surface area (Å²) in [5.41, 5.74) is 7.75. The number of aryl methyl sites for hydroxylation is 1. The molecule has 1 saturated heterocycles. The number of amides is 2. The molecule has 0 spiro atoms. The Balaban J connectivity index is 1.77. The van der Waals surface area contributed by atoms with Crippen molar-refractivity contribution in [2.45, 2.75) is 25.8 Å². The number of nitrogens with one attached hydrogen (secondary N) is 2. The molecule has 3 rings (SSSR count). The van der Waals surface area contributed by atoms with Gasteiger partial charge in [0.25, 0.3) is 5.91 Å². The van der Waals surface area contributed by atoms with Gasteiger partial charge in [-0.2, -0.15) is 0 Å². The number of benzene rings is 1. The van der Waals surface area contributed by atoms with E-state index in [1.165, 1.54) is 11.3 Å². The first kappa shape index (κ1) is 13.9. The first-order chi connectivity index (χ1) is 10.1. The fourth-order valence-corrected chi connectivity index (χ4v) is 3.68. The lowest BCUT2D eigenvalue weighted by atomic mass is 10.1. The summed E-state index contributed by atoms with van der Waals surface area (Å²) in [7, 11) is 0. The molecule has 0 aliphatic carbocycles. The maximum atomic E-state index is 12.3. The van der Waals surface area contributed by atoms with Gasteiger partial charge < -0.3 is 16.4 Å². The predicted molar refractivity (Wildman–Crippen MR) is 84.5 cm³/mol. The van der Waals surface area contributed by atoms with Gasteiger partial charge in [-0.25, -0.2) is 0 Å². The molecule has 0 saturated carbocycles. The van der Waals surface area contributed by atoms with Crippen LogP contribution in [-0.4, -0.2) is 24.4 Å². The van der Waals surface area contributed by atoms with Crippen LogP contribution in [0.4, 0.5) is 5.69 Å². The predicted octanol–water partition coefficient (Wildman–Crippen LogP) is 1.80. The highest BCUT2D eigenvalue weighted by molar-refractivity contribution is 7.21. The zero-order chi connectivity index (χ0) is 15.0. The van der Waals surface area contributed by atoms with Gasteiger partial charge in [-0.1, -0.05) is 18.2 Å². The minimum absolute atomic E-state index is 0.0267. The van der Waals surface area contributed by atoms with Gasteiger partial charge in [0.1, 0.15) is 4.88 Å². The summed E-state index contributed by atoms with van der Waals surface area (Å²) >= 11 is 1.42. The van der Waals surface area contributed by atoms with E-state index < -0.39 is 0 Å². The number of nitrogens with two attached hydrogens (primary N) is 1. The largest absolute Gasteiger partial charge is 0.397 e. The van der Waals surface area contributed by atoms with Crippen molar-refractivity contribution in [2.75, 3.05) is 12.3 Å². The molecule has 1 aliphatic rings. The molecule has 1 unspecified atom stereocenters. The maximum absolute atomic E-state index is 12.3. The third kappa shape index (κ3) is 2.58. The Hall–Kier alpha value is -2.08. The van der Waals surface area contributed by atoms with Crippen LogP contribution in [0.25, 0.3) is 10.1 Å². The monoisotopic (exact) mass is 303 g/mol. The van der Waals surface area contributed by atoms with E-state index >= 15 is 0 Å². The van der Waals surface area contributed by atoms with Crippen molar-refractivity contribution in [3.8, 4) is 0 Å². The van der Waals surface area contributed by atoms with Crippen LogP contribution in [0.15, 0.2) is 18.2 Å². The second kappa shape index (κ2) is 5.37. The number of hydrogen-bond donors (Lipinski definition) is 3. The lowest BCUT2D eigenvalue weighted by Gasteiger charge is -2.10. The second-order valence-electron chi connectivity index (χ2n) is 5.31. The molecule has 21 heavy (non-hydrogen) atoms. The van der Waals surface area contributed by atoms with Gasteiger partial charge in [-0.15, -0.1) is 11.3 Å². The van der Waals surface area contributed by atoms with E-state index in [0.29, 0.717) is 23.5 Å². The Morgan fingerprint density at radius 3 is 3.00 bits per heavy atom. The number of rotatable bonds is 3. The zero-order valence-corrected chi connectivity index (χ0v) is 12.5. The fraction of sp³-hybridized carbons (Fsp3) is 0.333. The third-order valence-corrected chi connectivity index (χ3v) is 5.11. The van der Waals surface area contributed by atoms with Gasteiger partial charge >= 0.3 is 0 Å². The molecule has 0 bridgehead atoms. The van der Waals surface area contributed by atoms with E-state index in [0.717, 1.165) is 22.1 Å². The number of thiophene rings is 1. The molecular formula is C15H17N3O2S. The quantitative estimate of drug-likeness (QED) is 0.808. The Kier molecular flexibility index (Phi) is 3.55. The van der Waals surface area contributed by atoms with Crippen molar-refractivity contribution in [1.29, 1.82) is 0 Å². The normalized spacial score (nSPS) is 18.0. The summed E-state index contributed by atoms with van der Waals surface area (Å²) < 4.78 is 1.05. The van der Waals surface area contributed by atoms with Crippen molar-refractivity contribution < 1.29 is 9.59 Å². The van der Waals surface area contributed by atoms with E-state index in [4.69, 9.17) is 5.73 Å². The molecule has 1 fully saturated rings. The molecule has 110 valence electrons. The second-order valence-corrected chi connectivity index (χ2v) is 6.33. The number of fused-ring (bicyclic) bond motifs is 1. The highest BCUT2D eigenvalue weighted by Gasteiger charge is 2.22. The molecule has 1 aromatic carbocycles. The van der Waals surface area contributed by atoms with Crippen LogP contribution in [0.3, 0.4) is 0 Å². The van der Waals surface area contributed by atoms with Gasteiger partial charge in [0, 0.05) is 29.1 Å². The molecule has 6 heteroatoms. The Morgan fingerprint density at radius 2 is 2.33 bits per heavy atom. The smallest absolute Gasteiger partial charge is 0.263 e. The number of hydrogen-bond acceptors (Lipinski definition) is 4. The molecule has 4 N–H and O–H groups in total. The summed E-state index contributed by atoms with van der Waals surface area (Å²) in [5.74, 6) is -0.125. The average molecular weight is 303 g/mol. The maximum Gasteiger partial charge on any atom is 0.263 e. The first-order valence-corrected chi connectivity index (χ1v) is 7.73. The summed E-state index contributed by atoms with van der Waals surface area (Å²) in [6.45, 7) is 2.45. The van der Waals surface area contributed by atoms with Gasteiger partial charge in [-0.3, -0.25) is 9.59 Å². The minimum Gasteiger partial charge on any atom is -0.397 e. The standard InChI is InChI=1S/C15H17N3O2S/c1-8-3-2-4-10-12(16)14(21-13(8)10)15(20)17-7-9-5-6-11(19)18-9/h2-4,9H,5-7,16H2,1H3,(H,17,20)(H,18,19). The van der Waals surface area contributed by atoms with E-state index in [2.05, 4.69) is 10.6 Å². The van der Waals surface area contributed by atoms with Crippen LogP contribution in [0.1, 0.15) is 28.1 Å². The molecular weight excluding hydrogens is 286 g/mol. The lowest BCUT2D eigenvalue weighted by Crippen LogP contribution is -2.38. The van der Waals surface area contributed by atoms with Crippen molar-refractivity contribution in [3.63, 3.8) is 0 Å². The molecule has 2 aromatic rings. The van der Waals surface area contributed by atoms with Gasteiger partial charge in [0.05, 0.1) is 5.69 Å². The summed E-state index contributed by atoms with van der Waals surface area (Å²) in [5, 5.41) is 6.62. The van der Waals surface area contributed by atoms with Crippen LogP contribution >= 0.6 is 11.3 Å². The fourth-order valence-electron chi connectivity index (χ4n) is 2.57.